The van der Waals surface area contributed by atoms with Gasteiger partial charge in [0.15, 0.2) is 0 Å². The molecule has 0 spiro atoms. The summed E-state index contributed by atoms with van der Waals surface area (Å²) in [7, 11) is 0. The second-order valence-electron chi connectivity index (χ2n) is 6.02. The summed E-state index contributed by atoms with van der Waals surface area (Å²) in [5, 5.41) is 4.70. The summed E-state index contributed by atoms with van der Waals surface area (Å²) in [4.78, 5) is 14.2. The molecule has 0 N–H and O–H groups in total. The van der Waals surface area contributed by atoms with Gasteiger partial charge in [0.25, 0.3) is 0 Å². The van der Waals surface area contributed by atoms with Crippen molar-refractivity contribution in [1.82, 2.24) is 14.5 Å². The molecule has 1 amide bonds. The first kappa shape index (κ1) is 14.7. The van der Waals surface area contributed by atoms with Gasteiger partial charge in [-0.15, -0.1) is 0 Å². The molecule has 0 unspecified atom stereocenters. The molecule has 1 aliphatic heterocycles. The Hall–Kier alpha value is -2.88. The molecule has 2 aromatic heterocycles. The molecule has 1 saturated heterocycles. The standard InChI is InChI=1S/C20H19N3O/c24-19(22-13-6-7-14-22)12-11-17-18-10-4-5-15-23(18)21-20(17)16-8-2-1-3-9-16/h1-5,8-12,15H,6-7,13-14H2. The molecule has 4 nitrogen and oxygen atoms in total. The fraction of sp³-hybridized carbons (Fsp3) is 0.200. The fourth-order valence-corrected chi connectivity index (χ4v) is 3.19. The summed E-state index contributed by atoms with van der Waals surface area (Å²) in [6, 6.07) is 16.1. The van der Waals surface area contributed by atoms with E-state index in [1.165, 1.54) is 0 Å². The molecule has 0 bridgehead atoms. The van der Waals surface area contributed by atoms with Crippen molar-refractivity contribution in [2.45, 2.75) is 12.8 Å². The molecule has 0 radical (unpaired) electrons. The number of pyridine rings is 1. The van der Waals surface area contributed by atoms with Gasteiger partial charge in [0, 0.05) is 36.5 Å². The molecule has 1 fully saturated rings. The molecule has 3 aromatic rings. The van der Waals surface area contributed by atoms with E-state index in [2.05, 4.69) is 0 Å². The number of fused-ring (bicyclic) bond motifs is 1. The molecule has 0 aliphatic carbocycles. The SMILES string of the molecule is O=C(C=Cc1c(-c2ccccc2)nn2ccccc12)N1CCCC1. The number of carbonyl (C=O) groups excluding carboxylic acids is 1. The lowest BCUT2D eigenvalue weighted by Gasteiger charge is -2.11. The number of benzene rings is 1. The lowest BCUT2D eigenvalue weighted by molar-refractivity contribution is -0.124. The summed E-state index contributed by atoms with van der Waals surface area (Å²) < 4.78 is 1.86. The quantitative estimate of drug-likeness (QED) is 0.692. The predicted molar refractivity (Wildman–Crippen MR) is 95.5 cm³/mol. The number of carbonyl (C=O) groups is 1. The average molecular weight is 317 g/mol. The topological polar surface area (TPSA) is 37.6 Å². The first-order valence-corrected chi connectivity index (χ1v) is 8.33. The zero-order valence-electron chi connectivity index (χ0n) is 13.4. The molecule has 4 rings (SSSR count). The smallest absolute Gasteiger partial charge is 0.246 e. The van der Waals surface area contributed by atoms with E-state index in [9.17, 15) is 4.79 Å². The van der Waals surface area contributed by atoms with Crippen molar-refractivity contribution in [2.75, 3.05) is 13.1 Å². The van der Waals surface area contributed by atoms with Gasteiger partial charge in [-0.25, -0.2) is 4.52 Å². The second kappa shape index (κ2) is 6.32. The van der Waals surface area contributed by atoms with Crippen LogP contribution < -0.4 is 0 Å². The van der Waals surface area contributed by atoms with E-state index in [0.29, 0.717) is 0 Å². The fourth-order valence-electron chi connectivity index (χ4n) is 3.19. The number of nitrogens with zero attached hydrogens (tertiary/aromatic N) is 3. The molecule has 3 heterocycles. The van der Waals surface area contributed by atoms with Gasteiger partial charge in [0.1, 0.15) is 5.69 Å². The minimum atomic E-state index is 0.0850. The van der Waals surface area contributed by atoms with Gasteiger partial charge in [0.2, 0.25) is 5.91 Å². The Morgan fingerprint density at radius 1 is 1.00 bits per heavy atom. The second-order valence-corrected chi connectivity index (χ2v) is 6.02. The van der Waals surface area contributed by atoms with Crippen LogP contribution in [-0.2, 0) is 4.79 Å². The van der Waals surface area contributed by atoms with E-state index in [-0.39, 0.29) is 5.91 Å². The maximum atomic E-state index is 12.3. The van der Waals surface area contributed by atoms with E-state index in [1.807, 2.05) is 70.2 Å². The minimum absolute atomic E-state index is 0.0850. The summed E-state index contributed by atoms with van der Waals surface area (Å²) in [6.07, 6.45) is 7.73. The van der Waals surface area contributed by atoms with E-state index >= 15 is 0 Å². The zero-order chi connectivity index (χ0) is 16.4. The number of hydrogen-bond acceptors (Lipinski definition) is 2. The molecule has 24 heavy (non-hydrogen) atoms. The van der Waals surface area contributed by atoms with E-state index in [1.54, 1.807) is 6.08 Å². The van der Waals surface area contributed by atoms with Gasteiger partial charge < -0.3 is 4.90 Å². The van der Waals surface area contributed by atoms with Gasteiger partial charge in [0.05, 0.1) is 5.52 Å². The van der Waals surface area contributed by atoms with Crippen molar-refractivity contribution < 1.29 is 4.79 Å². The number of hydrogen-bond donors (Lipinski definition) is 0. The van der Waals surface area contributed by atoms with Gasteiger partial charge in [-0.3, -0.25) is 4.79 Å². The molecule has 4 heteroatoms. The maximum Gasteiger partial charge on any atom is 0.246 e. The molecule has 120 valence electrons. The molecule has 1 aromatic carbocycles. The Labute approximate surface area is 141 Å². The van der Waals surface area contributed by atoms with Crippen molar-refractivity contribution in [2.24, 2.45) is 0 Å². The minimum Gasteiger partial charge on any atom is -0.339 e. The van der Waals surface area contributed by atoms with Gasteiger partial charge in [-0.1, -0.05) is 36.4 Å². The molecule has 1 aliphatic rings. The van der Waals surface area contributed by atoms with Crippen LogP contribution in [0.15, 0.2) is 60.8 Å². The molecular weight excluding hydrogens is 298 g/mol. The third-order valence-electron chi connectivity index (χ3n) is 4.44. The lowest BCUT2D eigenvalue weighted by Crippen LogP contribution is -2.25. The van der Waals surface area contributed by atoms with Crippen molar-refractivity contribution in [1.29, 1.82) is 0 Å². The predicted octanol–water partition coefficient (Wildman–Crippen LogP) is 3.64. The normalized spacial score (nSPS) is 14.8. The number of rotatable bonds is 3. The van der Waals surface area contributed by atoms with E-state index in [0.717, 1.165) is 48.3 Å². The highest BCUT2D eigenvalue weighted by atomic mass is 16.2. The van der Waals surface area contributed by atoms with Crippen LogP contribution in [0.5, 0.6) is 0 Å². The Kier molecular flexibility index (Phi) is 3.87. The summed E-state index contributed by atoms with van der Waals surface area (Å²) in [5.41, 5.74) is 3.93. The number of amides is 1. The lowest BCUT2D eigenvalue weighted by atomic mass is 10.1. The highest BCUT2D eigenvalue weighted by Crippen LogP contribution is 2.27. The van der Waals surface area contributed by atoms with E-state index < -0.39 is 0 Å². The van der Waals surface area contributed by atoms with Gasteiger partial charge in [-0.05, 0) is 31.1 Å². The van der Waals surface area contributed by atoms with Crippen molar-refractivity contribution >= 4 is 17.5 Å². The summed E-state index contributed by atoms with van der Waals surface area (Å²) in [5.74, 6) is 0.0850. The molecule has 0 saturated carbocycles. The van der Waals surface area contributed by atoms with Gasteiger partial charge >= 0.3 is 0 Å². The monoisotopic (exact) mass is 317 g/mol. The average Bonchev–Trinajstić information content (AvgIpc) is 3.28. The molecule has 0 atom stereocenters. The van der Waals surface area contributed by atoms with Crippen molar-refractivity contribution in [3.8, 4) is 11.3 Å². The summed E-state index contributed by atoms with van der Waals surface area (Å²) >= 11 is 0. The van der Waals surface area contributed by atoms with E-state index in [4.69, 9.17) is 5.10 Å². The van der Waals surface area contributed by atoms with Crippen LogP contribution in [0, 0.1) is 0 Å². The third kappa shape index (κ3) is 2.71. The number of aromatic nitrogens is 2. The third-order valence-corrected chi connectivity index (χ3v) is 4.44. The van der Waals surface area contributed by atoms with Crippen LogP contribution in [0.1, 0.15) is 18.4 Å². The Bertz CT molecular complexity index is 890. The van der Waals surface area contributed by atoms with Crippen LogP contribution in [0.25, 0.3) is 22.9 Å². The highest BCUT2D eigenvalue weighted by molar-refractivity contribution is 5.95. The van der Waals surface area contributed by atoms with Crippen LogP contribution in [0.3, 0.4) is 0 Å². The largest absolute Gasteiger partial charge is 0.339 e. The summed E-state index contributed by atoms with van der Waals surface area (Å²) in [6.45, 7) is 1.73. The highest BCUT2D eigenvalue weighted by Gasteiger charge is 2.16. The zero-order valence-corrected chi connectivity index (χ0v) is 13.4. The Morgan fingerprint density at radius 3 is 2.54 bits per heavy atom. The maximum absolute atomic E-state index is 12.3. The van der Waals surface area contributed by atoms with Crippen molar-refractivity contribution in [3.05, 3.63) is 66.4 Å². The van der Waals surface area contributed by atoms with Crippen LogP contribution in [0.2, 0.25) is 0 Å². The van der Waals surface area contributed by atoms with Crippen LogP contribution in [-0.4, -0.2) is 33.5 Å². The molecular formula is C20H19N3O. The number of likely N-dealkylation sites (tertiary alicyclic amines) is 1. The van der Waals surface area contributed by atoms with Gasteiger partial charge in [-0.2, -0.15) is 5.10 Å². The van der Waals surface area contributed by atoms with Crippen LogP contribution in [0.4, 0.5) is 0 Å². The first-order chi connectivity index (χ1) is 11.8. The van der Waals surface area contributed by atoms with Crippen molar-refractivity contribution in [3.63, 3.8) is 0 Å². The Morgan fingerprint density at radius 2 is 1.75 bits per heavy atom. The van der Waals surface area contributed by atoms with Crippen LogP contribution >= 0.6 is 0 Å². The first-order valence-electron chi connectivity index (χ1n) is 8.33. The Balaban J connectivity index is 1.76.